The molecule has 0 spiro atoms. The molecule has 0 atom stereocenters. The molecule has 0 saturated heterocycles. The molecule has 3 nitrogen and oxygen atoms in total. The summed E-state index contributed by atoms with van der Waals surface area (Å²) in [5, 5.41) is 0. The van der Waals surface area contributed by atoms with Gasteiger partial charge in [0.05, 0.1) is 5.69 Å². The van der Waals surface area contributed by atoms with Crippen LogP contribution in [0.3, 0.4) is 0 Å². The quantitative estimate of drug-likeness (QED) is 0.644. The minimum Gasteiger partial charge on any atom is -0.278 e. The number of aryl methyl sites for hydroxylation is 1. The van der Waals surface area contributed by atoms with Gasteiger partial charge in [-0.1, -0.05) is 0 Å². The Hall–Kier alpha value is -1.53. The number of halogens is 4. The van der Waals surface area contributed by atoms with Crippen LogP contribution in [0.15, 0.2) is 34.9 Å². The SMILES string of the molecule is Fc1ccc(-n2c(CCCl)nc3cc(Br)cnc32)c(F)c1. The summed E-state index contributed by atoms with van der Waals surface area (Å²) in [6.45, 7) is 0. The van der Waals surface area contributed by atoms with Crippen LogP contribution in [0.5, 0.6) is 0 Å². The number of imidazole rings is 1. The lowest BCUT2D eigenvalue weighted by Crippen LogP contribution is -2.05. The van der Waals surface area contributed by atoms with Crippen molar-refractivity contribution in [1.82, 2.24) is 14.5 Å². The van der Waals surface area contributed by atoms with Crippen LogP contribution in [0.4, 0.5) is 8.78 Å². The van der Waals surface area contributed by atoms with Crippen molar-refractivity contribution in [3.63, 3.8) is 0 Å². The Morgan fingerprint density at radius 2 is 2.05 bits per heavy atom. The molecule has 0 aliphatic carbocycles. The number of hydrogen-bond donors (Lipinski definition) is 0. The maximum Gasteiger partial charge on any atom is 0.164 e. The summed E-state index contributed by atoms with van der Waals surface area (Å²) in [6, 6.07) is 5.20. The molecule has 3 rings (SSSR count). The Morgan fingerprint density at radius 1 is 1.24 bits per heavy atom. The van der Waals surface area contributed by atoms with E-state index < -0.39 is 11.6 Å². The first-order valence-electron chi connectivity index (χ1n) is 6.14. The minimum atomic E-state index is -0.671. The number of alkyl halides is 1. The van der Waals surface area contributed by atoms with Crippen LogP contribution in [0, 0.1) is 11.6 Å². The topological polar surface area (TPSA) is 30.7 Å². The second-order valence-corrected chi connectivity index (χ2v) is 5.69. The zero-order valence-corrected chi connectivity index (χ0v) is 13.0. The van der Waals surface area contributed by atoms with Crippen LogP contribution < -0.4 is 0 Å². The molecule has 0 N–H and O–H groups in total. The third-order valence-electron chi connectivity index (χ3n) is 3.00. The number of rotatable bonds is 3. The molecule has 2 aromatic heterocycles. The number of benzene rings is 1. The van der Waals surface area contributed by atoms with Gasteiger partial charge in [0.1, 0.15) is 23.0 Å². The lowest BCUT2D eigenvalue weighted by Gasteiger charge is -2.09. The highest BCUT2D eigenvalue weighted by molar-refractivity contribution is 9.10. The van der Waals surface area contributed by atoms with E-state index in [1.54, 1.807) is 16.8 Å². The van der Waals surface area contributed by atoms with E-state index in [1.165, 1.54) is 12.1 Å². The lowest BCUT2D eigenvalue weighted by atomic mass is 10.3. The minimum absolute atomic E-state index is 0.203. The zero-order valence-electron chi connectivity index (χ0n) is 10.7. The highest BCUT2D eigenvalue weighted by Gasteiger charge is 2.16. The normalized spacial score (nSPS) is 11.2. The molecule has 108 valence electrons. The predicted octanol–water partition coefficient (Wildman–Crippen LogP) is 4.24. The number of fused-ring (bicyclic) bond motifs is 1. The van der Waals surface area contributed by atoms with E-state index >= 15 is 0 Å². The van der Waals surface area contributed by atoms with E-state index in [0.717, 1.165) is 10.5 Å². The van der Waals surface area contributed by atoms with Crippen molar-refractivity contribution >= 4 is 38.7 Å². The third-order valence-corrected chi connectivity index (χ3v) is 3.62. The summed E-state index contributed by atoms with van der Waals surface area (Å²) in [7, 11) is 0. The van der Waals surface area contributed by atoms with E-state index in [2.05, 4.69) is 25.9 Å². The average Bonchev–Trinajstić information content (AvgIpc) is 2.76. The first-order chi connectivity index (χ1) is 10.1. The van der Waals surface area contributed by atoms with Gasteiger partial charge in [-0.05, 0) is 34.1 Å². The van der Waals surface area contributed by atoms with Gasteiger partial charge >= 0.3 is 0 Å². The summed E-state index contributed by atoms with van der Waals surface area (Å²) in [4.78, 5) is 8.70. The van der Waals surface area contributed by atoms with Crippen molar-refractivity contribution in [3.8, 4) is 5.69 Å². The van der Waals surface area contributed by atoms with Crippen molar-refractivity contribution in [3.05, 3.63) is 52.4 Å². The molecule has 1 aromatic carbocycles. The van der Waals surface area contributed by atoms with Gasteiger partial charge in [-0.15, -0.1) is 11.6 Å². The van der Waals surface area contributed by atoms with Crippen LogP contribution >= 0.6 is 27.5 Å². The predicted molar refractivity (Wildman–Crippen MR) is 80.9 cm³/mol. The van der Waals surface area contributed by atoms with Gasteiger partial charge in [0.15, 0.2) is 5.65 Å². The maximum atomic E-state index is 14.1. The second kappa shape index (κ2) is 5.69. The van der Waals surface area contributed by atoms with Gasteiger partial charge in [-0.3, -0.25) is 4.57 Å². The molecule has 0 bridgehead atoms. The Kier molecular flexibility index (Phi) is 3.91. The number of aromatic nitrogens is 3. The standard InChI is InChI=1S/C14H9BrClF2N3/c15-8-5-11-14(19-7-8)21(13(20-11)3-4-16)12-2-1-9(17)6-10(12)18/h1-2,5-7H,3-4H2. The zero-order chi connectivity index (χ0) is 15.0. The van der Waals surface area contributed by atoms with Gasteiger partial charge < -0.3 is 0 Å². The smallest absolute Gasteiger partial charge is 0.164 e. The van der Waals surface area contributed by atoms with Crippen molar-refractivity contribution in [2.75, 3.05) is 5.88 Å². The van der Waals surface area contributed by atoms with Crippen LogP contribution in [0.1, 0.15) is 5.82 Å². The Balaban J connectivity index is 2.30. The Labute approximate surface area is 132 Å². The van der Waals surface area contributed by atoms with Crippen molar-refractivity contribution in [2.45, 2.75) is 6.42 Å². The molecule has 0 aliphatic rings. The third kappa shape index (κ3) is 2.65. The summed E-state index contributed by atoms with van der Waals surface area (Å²) >= 11 is 9.11. The van der Waals surface area contributed by atoms with E-state index in [-0.39, 0.29) is 5.69 Å². The summed E-state index contributed by atoms with van der Waals surface area (Å²) in [5.41, 5.74) is 1.32. The lowest BCUT2D eigenvalue weighted by molar-refractivity contribution is 0.577. The summed E-state index contributed by atoms with van der Waals surface area (Å²) in [5.74, 6) is -0.381. The fourth-order valence-electron chi connectivity index (χ4n) is 2.16. The van der Waals surface area contributed by atoms with Crippen molar-refractivity contribution in [1.29, 1.82) is 0 Å². The van der Waals surface area contributed by atoms with E-state index in [1.807, 2.05) is 0 Å². The van der Waals surface area contributed by atoms with Crippen LogP contribution in [0.2, 0.25) is 0 Å². The Bertz CT molecular complexity index is 819. The van der Waals surface area contributed by atoms with Crippen LogP contribution in [0.25, 0.3) is 16.9 Å². The van der Waals surface area contributed by atoms with Crippen molar-refractivity contribution < 1.29 is 8.78 Å². The molecule has 0 unspecified atom stereocenters. The molecule has 0 amide bonds. The summed E-state index contributed by atoms with van der Waals surface area (Å²) in [6.07, 6.45) is 2.05. The van der Waals surface area contributed by atoms with Crippen LogP contribution in [-0.2, 0) is 6.42 Å². The van der Waals surface area contributed by atoms with E-state index in [4.69, 9.17) is 11.6 Å². The first kappa shape index (κ1) is 14.4. The molecule has 0 radical (unpaired) electrons. The highest BCUT2D eigenvalue weighted by Crippen LogP contribution is 2.25. The van der Waals surface area contributed by atoms with Crippen molar-refractivity contribution in [2.24, 2.45) is 0 Å². The molecule has 0 fully saturated rings. The van der Waals surface area contributed by atoms with Gasteiger partial charge in [-0.2, -0.15) is 0 Å². The largest absolute Gasteiger partial charge is 0.278 e. The monoisotopic (exact) mass is 371 g/mol. The number of pyridine rings is 1. The van der Waals surface area contributed by atoms with Gasteiger partial charge in [0.25, 0.3) is 0 Å². The molecule has 7 heteroatoms. The maximum absolute atomic E-state index is 14.1. The molecule has 2 heterocycles. The highest BCUT2D eigenvalue weighted by atomic mass is 79.9. The first-order valence-corrected chi connectivity index (χ1v) is 7.47. The molecule has 0 saturated carbocycles. The van der Waals surface area contributed by atoms with E-state index in [0.29, 0.717) is 29.3 Å². The summed E-state index contributed by atoms with van der Waals surface area (Å²) < 4.78 is 29.5. The number of nitrogens with zero attached hydrogens (tertiary/aromatic N) is 3. The Morgan fingerprint density at radius 3 is 2.76 bits per heavy atom. The average molecular weight is 373 g/mol. The number of hydrogen-bond acceptors (Lipinski definition) is 2. The fourth-order valence-corrected chi connectivity index (χ4v) is 2.64. The molecule has 21 heavy (non-hydrogen) atoms. The van der Waals surface area contributed by atoms with E-state index in [9.17, 15) is 8.78 Å². The molecular weight excluding hydrogens is 364 g/mol. The van der Waals surface area contributed by atoms with Crippen LogP contribution in [-0.4, -0.2) is 20.4 Å². The molecule has 3 aromatic rings. The van der Waals surface area contributed by atoms with Gasteiger partial charge in [0.2, 0.25) is 0 Å². The van der Waals surface area contributed by atoms with Gasteiger partial charge in [0, 0.05) is 29.0 Å². The molecule has 0 aliphatic heterocycles. The molecular formula is C14H9BrClF2N3. The second-order valence-electron chi connectivity index (χ2n) is 4.39. The van der Waals surface area contributed by atoms with Gasteiger partial charge in [-0.25, -0.2) is 18.7 Å². The fraction of sp³-hybridized carbons (Fsp3) is 0.143.